The maximum Gasteiger partial charge on any atom is 0.232 e. The van der Waals surface area contributed by atoms with E-state index in [0.29, 0.717) is 22.3 Å². The Balaban J connectivity index is 1.42. The lowest BCUT2D eigenvalue weighted by Gasteiger charge is -2.08. The van der Waals surface area contributed by atoms with Crippen LogP contribution in [0.3, 0.4) is 0 Å². The Hall–Kier alpha value is -3.30. The normalized spacial score (nSPS) is 10.6. The molecule has 152 valence electrons. The minimum Gasteiger partial charge on any atom is -0.493 e. The van der Waals surface area contributed by atoms with Gasteiger partial charge in [0.25, 0.3) is 0 Å². The van der Waals surface area contributed by atoms with Crippen LogP contribution < -0.4 is 14.8 Å². The first-order chi connectivity index (χ1) is 14.7. The van der Waals surface area contributed by atoms with Crippen LogP contribution >= 0.6 is 22.7 Å². The second kappa shape index (κ2) is 9.02. The Labute approximate surface area is 181 Å². The maximum atomic E-state index is 12.4. The van der Waals surface area contributed by atoms with E-state index in [2.05, 4.69) is 20.5 Å². The predicted octanol–water partition coefficient (Wildman–Crippen LogP) is 4.53. The van der Waals surface area contributed by atoms with Gasteiger partial charge in [0.1, 0.15) is 10.0 Å². The van der Waals surface area contributed by atoms with Crippen molar-refractivity contribution in [3.8, 4) is 32.6 Å². The topological polar surface area (TPSA) is 86.2 Å². The smallest absolute Gasteiger partial charge is 0.232 e. The van der Waals surface area contributed by atoms with Crippen LogP contribution in [-0.4, -0.2) is 35.3 Å². The molecular formula is C21H18N4O3S2. The zero-order valence-electron chi connectivity index (χ0n) is 16.3. The number of hydrogen-bond acceptors (Lipinski definition) is 8. The number of thiazole rings is 1. The first kappa shape index (κ1) is 20.0. The van der Waals surface area contributed by atoms with E-state index >= 15 is 0 Å². The molecule has 4 rings (SSSR count). The van der Waals surface area contributed by atoms with Gasteiger partial charge in [-0.3, -0.25) is 4.79 Å². The highest BCUT2D eigenvalue weighted by molar-refractivity contribution is 7.18. The highest BCUT2D eigenvalue weighted by Gasteiger charge is 2.14. The molecule has 0 spiro atoms. The number of nitrogens with zero attached hydrogens (tertiary/aromatic N) is 3. The van der Waals surface area contributed by atoms with Crippen molar-refractivity contribution in [1.82, 2.24) is 15.2 Å². The second-order valence-electron chi connectivity index (χ2n) is 6.22. The van der Waals surface area contributed by atoms with E-state index in [4.69, 9.17) is 9.47 Å². The molecule has 0 aliphatic heterocycles. The van der Waals surface area contributed by atoms with Crippen LogP contribution in [0, 0.1) is 0 Å². The third-order valence-corrected chi connectivity index (χ3v) is 6.04. The van der Waals surface area contributed by atoms with E-state index in [1.54, 1.807) is 14.2 Å². The predicted molar refractivity (Wildman–Crippen MR) is 118 cm³/mol. The van der Waals surface area contributed by atoms with Crippen LogP contribution in [0.5, 0.6) is 11.5 Å². The summed E-state index contributed by atoms with van der Waals surface area (Å²) in [6, 6.07) is 15.3. The van der Waals surface area contributed by atoms with E-state index in [-0.39, 0.29) is 12.3 Å². The molecule has 0 saturated carbocycles. The van der Waals surface area contributed by atoms with E-state index in [0.717, 1.165) is 21.1 Å². The maximum absolute atomic E-state index is 12.4. The third kappa shape index (κ3) is 4.47. The molecule has 7 nitrogen and oxygen atoms in total. The lowest BCUT2D eigenvalue weighted by molar-refractivity contribution is -0.115. The number of benzene rings is 2. The molecule has 0 fully saturated rings. The average Bonchev–Trinajstić information content (AvgIpc) is 3.43. The quantitative estimate of drug-likeness (QED) is 0.456. The van der Waals surface area contributed by atoms with E-state index < -0.39 is 0 Å². The number of rotatable bonds is 7. The van der Waals surface area contributed by atoms with Crippen molar-refractivity contribution in [2.75, 3.05) is 19.5 Å². The Morgan fingerprint density at radius 1 is 0.967 bits per heavy atom. The van der Waals surface area contributed by atoms with Crippen molar-refractivity contribution >= 4 is 33.7 Å². The molecule has 0 aliphatic carbocycles. The number of aromatic nitrogens is 3. The molecule has 9 heteroatoms. The van der Waals surface area contributed by atoms with Crippen molar-refractivity contribution in [3.05, 3.63) is 59.6 Å². The summed E-state index contributed by atoms with van der Waals surface area (Å²) in [6.45, 7) is 0. The highest BCUT2D eigenvalue weighted by atomic mass is 32.1. The van der Waals surface area contributed by atoms with Crippen LogP contribution in [0.25, 0.3) is 21.1 Å². The first-order valence-corrected chi connectivity index (χ1v) is 10.7. The largest absolute Gasteiger partial charge is 0.493 e. The minimum absolute atomic E-state index is 0.157. The van der Waals surface area contributed by atoms with Crippen LogP contribution in [-0.2, 0) is 11.2 Å². The van der Waals surface area contributed by atoms with E-state index in [9.17, 15) is 4.79 Å². The number of amides is 1. The fraction of sp³-hybridized carbons (Fsp3) is 0.143. The molecule has 1 N–H and O–H groups in total. The van der Waals surface area contributed by atoms with Gasteiger partial charge in [-0.15, -0.1) is 21.5 Å². The summed E-state index contributed by atoms with van der Waals surface area (Å²) >= 11 is 2.81. The molecular weight excluding hydrogens is 420 g/mol. The van der Waals surface area contributed by atoms with Gasteiger partial charge < -0.3 is 14.8 Å². The summed E-state index contributed by atoms with van der Waals surface area (Å²) in [5, 5.41) is 14.9. The number of carbonyl (C=O) groups is 1. The molecule has 4 aromatic rings. The third-order valence-electron chi connectivity index (χ3n) is 4.22. The second-order valence-corrected chi connectivity index (χ2v) is 8.05. The van der Waals surface area contributed by atoms with Crippen molar-refractivity contribution in [2.24, 2.45) is 0 Å². The average molecular weight is 439 g/mol. The fourth-order valence-electron chi connectivity index (χ4n) is 2.79. The molecule has 0 bridgehead atoms. The fourth-order valence-corrected chi connectivity index (χ4v) is 4.37. The van der Waals surface area contributed by atoms with Crippen molar-refractivity contribution in [1.29, 1.82) is 0 Å². The summed E-state index contributed by atoms with van der Waals surface area (Å²) in [6.07, 6.45) is 0.157. The van der Waals surface area contributed by atoms with Gasteiger partial charge in [-0.1, -0.05) is 41.7 Å². The molecule has 0 unspecified atom stereocenters. The number of hydrogen-bond donors (Lipinski definition) is 1. The molecule has 2 aromatic carbocycles. The van der Waals surface area contributed by atoms with Crippen molar-refractivity contribution < 1.29 is 14.3 Å². The van der Waals surface area contributed by atoms with Crippen LogP contribution in [0.1, 0.15) is 5.69 Å². The molecule has 1 amide bonds. The van der Waals surface area contributed by atoms with Crippen LogP contribution in [0.2, 0.25) is 0 Å². The minimum atomic E-state index is -0.185. The van der Waals surface area contributed by atoms with Crippen LogP contribution in [0.15, 0.2) is 53.9 Å². The number of carbonyl (C=O) groups excluding carboxylic acids is 1. The summed E-state index contributed by atoms with van der Waals surface area (Å²) < 4.78 is 10.6. The summed E-state index contributed by atoms with van der Waals surface area (Å²) in [4.78, 5) is 17.0. The Kier molecular flexibility index (Phi) is 6.01. The first-order valence-electron chi connectivity index (χ1n) is 9.02. The standard InChI is InChI=1S/C21H18N4O3S2/c1-27-16-9-8-14(10-17(16)28-2)19-22-15(12-29-19)11-18(26)23-21-25-24-20(30-21)13-6-4-3-5-7-13/h3-10,12H,11H2,1-2H3,(H,23,25,26). The van der Waals surface area contributed by atoms with Gasteiger partial charge >= 0.3 is 0 Å². The lowest BCUT2D eigenvalue weighted by Crippen LogP contribution is -2.14. The van der Waals surface area contributed by atoms with Gasteiger partial charge in [0.2, 0.25) is 11.0 Å². The van der Waals surface area contributed by atoms with Crippen molar-refractivity contribution in [3.63, 3.8) is 0 Å². The van der Waals surface area contributed by atoms with Gasteiger partial charge in [0.05, 0.1) is 26.3 Å². The number of nitrogens with one attached hydrogen (secondary N) is 1. The monoisotopic (exact) mass is 438 g/mol. The summed E-state index contributed by atoms with van der Waals surface area (Å²) in [5.41, 5.74) is 2.56. The van der Waals surface area contributed by atoms with E-state index in [1.807, 2.05) is 53.9 Å². The van der Waals surface area contributed by atoms with Gasteiger partial charge in [0.15, 0.2) is 11.5 Å². The summed E-state index contributed by atoms with van der Waals surface area (Å²) in [7, 11) is 3.19. The van der Waals surface area contributed by atoms with Gasteiger partial charge in [0, 0.05) is 16.5 Å². The Morgan fingerprint density at radius 2 is 1.77 bits per heavy atom. The number of methoxy groups -OCH3 is 2. The summed E-state index contributed by atoms with van der Waals surface area (Å²) in [5.74, 6) is 1.11. The lowest BCUT2D eigenvalue weighted by atomic mass is 10.2. The SMILES string of the molecule is COc1ccc(-c2nc(CC(=O)Nc3nnc(-c4ccccc4)s3)cs2)cc1OC. The Bertz CT molecular complexity index is 1160. The molecule has 0 radical (unpaired) electrons. The Morgan fingerprint density at radius 3 is 2.53 bits per heavy atom. The molecule has 30 heavy (non-hydrogen) atoms. The highest BCUT2D eigenvalue weighted by Crippen LogP contribution is 2.33. The van der Waals surface area contributed by atoms with Gasteiger partial charge in [-0.2, -0.15) is 0 Å². The number of ether oxygens (including phenoxy) is 2. The van der Waals surface area contributed by atoms with Gasteiger partial charge in [-0.05, 0) is 18.2 Å². The zero-order chi connectivity index (χ0) is 20.9. The molecule has 0 aliphatic rings. The van der Waals surface area contributed by atoms with E-state index in [1.165, 1.54) is 22.7 Å². The molecule has 2 heterocycles. The number of anilines is 1. The molecule has 0 atom stereocenters. The van der Waals surface area contributed by atoms with Gasteiger partial charge in [-0.25, -0.2) is 4.98 Å². The molecule has 2 aromatic heterocycles. The van der Waals surface area contributed by atoms with Crippen LogP contribution in [0.4, 0.5) is 5.13 Å². The molecule has 0 saturated heterocycles. The zero-order valence-corrected chi connectivity index (χ0v) is 17.9. The van der Waals surface area contributed by atoms with Crippen molar-refractivity contribution in [2.45, 2.75) is 6.42 Å².